The number of aliphatic imine (C=N–C) groups is 1. The summed E-state index contributed by atoms with van der Waals surface area (Å²) in [7, 11) is 0. The molecule has 0 atom stereocenters. The summed E-state index contributed by atoms with van der Waals surface area (Å²) in [6, 6.07) is 27.6. The van der Waals surface area contributed by atoms with E-state index in [1.54, 1.807) is 6.07 Å². The maximum Gasteiger partial charge on any atom is 0.264 e. The summed E-state index contributed by atoms with van der Waals surface area (Å²) in [6.45, 7) is 2.38. The van der Waals surface area contributed by atoms with Gasteiger partial charge in [0.1, 0.15) is 12.4 Å². The summed E-state index contributed by atoms with van der Waals surface area (Å²) < 4.78 is 6.20. The Morgan fingerprint density at radius 3 is 2.62 bits per heavy atom. The number of hydrogen-bond donors (Lipinski definition) is 1. The third-order valence-electron chi connectivity index (χ3n) is 5.48. The number of carbonyl (C=O) groups excluding carboxylic acids is 1. The van der Waals surface area contributed by atoms with Crippen LogP contribution in [0.5, 0.6) is 5.75 Å². The molecule has 0 bridgehead atoms. The number of fused-ring (bicyclic) bond motifs is 1. The number of amides is 1. The fourth-order valence-electron chi connectivity index (χ4n) is 3.75. The number of nitrogens with one attached hydrogen (secondary N) is 1. The van der Waals surface area contributed by atoms with E-state index >= 15 is 0 Å². The summed E-state index contributed by atoms with van der Waals surface area (Å²) >= 11 is 7.37. The van der Waals surface area contributed by atoms with Crippen molar-refractivity contribution in [3.05, 3.63) is 112 Å². The fraction of sp³-hybridized carbons (Fsp3) is 0.0714. The lowest BCUT2D eigenvalue weighted by molar-refractivity contribution is -0.115. The molecular formula is C28H21ClN2O2S. The molecule has 1 fully saturated rings. The average Bonchev–Trinajstić information content (AvgIpc) is 3.19. The standard InChI is InChI=1S/C28H21ClN2O2S/c1-18-15-21(29)12-13-24(18)30-28-31-27(32)26(34-28)16-23-22-10-6-5-9-20(22)11-14-25(23)33-17-19-7-3-2-4-8-19/h2-16H,17H2,1H3,(H,30,31,32)/b26-16-. The van der Waals surface area contributed by atoms with Crippen molar-refractivity contribution in [2.75, 3.05) is 0 Å². The van der Waals surface area contributed by atoms with Gasteiger partial charge in [-0.2, -0.15) is 0 Å². The first kappa shape index (κ1) is 22.3. The minimum Gasteiger partial charge on any atom is -0.488 e. The molecule has 4 nitrogen and oxygen atoms in total. The van der Waals surface area contributed by atoms with Crippen LogP contribution in [0.2, 0.25) is 5.02 Å². The molecule has 1 aliphatic heterocycles. The first-order valence-corrected chi connectivity index (χ1v) is 12.0. The Labute approximate surface area is 207 Å². The smallest absolute Gasteiger partial charge is 0.264 e. The Kier molecular flexibility index (Phi) is 6.39. The predicted octanol–water partition coefficient (Wildman–Crippen LogP) is 7.27. The Morgan fingerprint density at radius 2 is 1.79 bits per heavy atom. The number of benzene rings is 4. The van der Waals surface area contributed by atoms with E-state index in [0.717, 1.165) is 38.9 Å². The van der Waals surface area contributed by atoms with Gasteiger partial charge in [-0.15, -0.1) is 0 Å². The highest BCUT2D eigenvalue weighted by atomic mass is 35.5. The van der Waals surface area contributed by atoms with Crippen molar-refractivity contribution >= 4 is 57.0 Å². The number of carbonyl (C=O) groups is 1. The van der Waals surface area contributed by atoms with Crippen LogP contribution in [0.1, 0.15) is 16.7 Å². The molecule has 0 unspecified atom stereocenters. The molecule has 0 radical (unpaired) electrons. The zero-order chi connectivity index (χ0) is 23.5. The maximum absolute atomic E-state index is 12.8. The van der Waals surface area contributed by atoms with Crippen molar-refractivity contribution in [2.45, 2.75) is 13.5 Å². The number of ether oxygens (including phenoxy) is 1. The summed E-state index contributed by atoms with van der Waals surface area (Å²) in [5.41, 5.74) is 3.66. The lowest BCUT2D eigenvalue weighted by Crippen LogP contribution is -2.19. The van der Waals surface area contributed by atoms with Crippen molar-refractivity contribution in [3.8, 4) is 5.75 Å². The van der Waals surface area contributed by atoms with Crippen LogP contribution in [-0.2, 0) is 11.4 Å². The molecule has 0 aromatic heterocycles. The lowest BCUT2D eigenvalue weighted by atomic mass is 10.0. The van der Waals surface area contributed by atoms with Crippen LogP contribution in [0.4, 0.5) is 5.69 Å². The van der Waals surface area contributed by atoms with Gasteiger partial charge >= 0.3 is 0 Å². The summed E-state index contributed by atoms with van der Waals surface area (Å²) in [5, 5.41) is 6.16. The molecule has 168 valence electrons. The van der Waals surface area contributed by atoms with Crippen LogP contribution in [0.25, 0.3) is 16.8 Å². The molecule has 0 spiro atoms. The molecule has 4 aromatic carbocycles. The molecule has 0 saturated carbocycles. The number of aryl methyl sites for hydroxylation is 1. The van der Waals surface area contributed by atoms with Crippen molar-refractivity contribution in [1.29, 1.82) is 0 Å². The molecule has 1 amide bonds. The molecular weight excluding hydrogens is 464 g/mol. The molecule has 1 aliphatic rings. The Hall–Kier alpha value is -3.54. The molecule has 34 heavy (non-hydrogen) atoms. The molecule has 0 aliphatic carbocycles. The molecule has 1 N–H and O–H groups in total. The van der Waals surface area contributed by atoms with Crippen molar-refractivity contribution < 1.29 is 9.53 Å². The highest BCUT2D eigenvalue weighted by molar-refractivity contribution is 8.18. The number of halogens is 1. The topological polar surface area (TPSA) is 50.7 Å². The summed E-state index contributed by atoms with van der Waals surface area (Å²) in [5.74, 6) is 0.541. The number of hydrogen-bond acceptors (Lipinski definition) is 4. The molecule has 1 heterocycles. The van der Waals surface area contributed by atoms with Crippen molar-refractivity contribution in [2.24, 2.45) is 4.99 Å². The first-order chi connectivity index (χ1) is 16.6. The van der Waals surface area contributed by atoms with Crippen molar-refractivity contribution in [3.63, 3.8) is 0 Å². The predicted molar refractivity (Wildman–Crippen MR) is 142 cm³/mol. The van der Waals surface area contributed by atoms with E-state index < -0.39 is 0 Å². The van der Waals surface area contributed by atoms with Crippen LogP contribution in [0.15, 0.2) is 94.8 Å². The van der Waals surface area contributed by atoms with E-state index in [9.17, 15) is 4.79 Å². The van der Waals surface area contributed by atoms with Gasteiger partial charge in [0.25, 0.3) is 5.91 Å². The SMILES string of the molecule is Cc1cc(Cl)ccc1N=C1NC(=O)/C(=C/c2c(OCc3ccccc3)ccc3ccccc23)S1. The summed E-state index contributed by atoms with van der Waals surface area (Å²) in [6.07, 6.45) is 1.89. The number of nitrogens with zero attached hydrogens (tertiary/aromatic N) is 1. The molecule has 6 heteroatoms. The van der Waals surface area contributed by atoms with Crippen LogP contribution >= 0.6 is 23.4 Å². The number of amidine groups is 1. The molecule has 5 rings (SSSR count). The monoisotopic (exact) mass is 484 g/mol. The third kappa shape index (κ3) is 4.86. The number of rotatable bonds is 5. The van der Waals surface area contributed by atoms with E-state index in [4.69, 9.17) is 16.3 Å². The van der Waals surface area contributed by atoms with Crippen LogP contribution in [-0.4, -0.2) is 11.1 Å². The van der Waals surface area contributed by atoms with Gasteiger partial charge in [0.2, 0.25) is 0 Å². The van der Waals surface area contributed by atoms with Gasteiger partial charge in [0.05, 0.1) is 10.6 Å². The Balaban J connectivity index is 1.49. The number of thioether (sulfide) groups is 1. The maximum atomic E-state index is 12.8. The first-order valence-electron chi connectivity index (χ1n) is 10.8. The largest absolute Gasteiger partial charge is 0.488 e. The zero-order valence-corrected chi connectivity index (χ0v) is 20.0. The van der Waals surface area contributed by atoms with Crippen LogP contribution in [0, 0.1) is 6.92 Å². The fourth-order valence-corrected chi connectivity index (χ4v) is 4.79. The van der Waals surface area contributed by atoms with E-state index in [-0.39, 0.29) is 5.91 Å². The van der Waals surface area contributed by atoms with Gasteiger partial charge < -0.3 is 10.1 Å². The second-order valence-corrected chi connectivity index (χ2v) is 9.35. The highest BCUT2D eigenvalue weighted by Gasteiger charge is 2.25. The van der Waals surface area contributed by atoms with E-state index in [0.29, 0.717) is 21.7 Å². The quantitative estimate of drug-likeness (QED) is 0.303. The average molecular weight is 485 g/mol. The van der Waals surface area contributed by atoms with E-state index in [2.05, 4.69) is 16.4 Å². The highest BCUT2D eigenvalue weighted by Crippen LogP contribution is 2.35. The van der Waals surface area contributed by atoms with Crippen LogP contribution < -0.4 is 10.1 Å². The van der Waals surface area contributed by atoms with Gasteiger partial charge in [-0.3, -0.25) is 4.79 Å². The van der Waals surface area contributed by atoms with Gasteiger partial charge in [0, 0.05) is 10.6 Å². The van der Waals surface area contributed by atoms with E-state index in [1.165, 1.54) is 11.8 Å². The zero-order valence-electron chi connectivity index (χ0n) is 18.4. The van der Waals surface area contributed by atoms with Crippen molar-refractivity contribution in [1.82, 2.24) is 5.32 Å². The van der Waals surface area contributed by atoms with Crippen LogP contribution in [0.3, 0.4) is 0 Å². The minimum atomic E-state index is -0.183. The van der Waals surface area contributed by atoms with Gasteiger partial charge in [-0.25, -0.2) is 4.99 Å². The third-order valence-corrected chi connectivity index (χ3v) is 6.62. The second kappa shape index (κ2) is 9.75. The van der Waals surface area contributed by atoms with E-state index in [1.807, 2.05) is 85.8 Å². The normalized spacial score (nSPS) is 15.8. The van der Waals surface area contributed by atoms with Gasteiger partial charge in [-0.1, -0.05) is 72.3 Å². The molecule has 4 aromatic rings. The van der Waals surface area contributed by atoms with Gasteiger partial charge in [0.15, 0.2) is 5.17 Å². The van der Waals surface area contributed by atoms with Gasteiger partial charge in [-0.05, 0) is 70.9 Å². The molecule has 1 saturated heterocycles. The lowest BCUT2D eigenvalue weighted by Gasteiger charge is -2.12. The second-order valence-electron chi connectivity index (χ2n) is 7.89. The Bertz CT molecular complexity index is 1450. The summed E-state index contributed by atoms with van der Waals surface area (Å²) in [4.78, 5) is 18.0. The minimum absolute atomic E-state index is 0.183. The Morgan fingerprint density at radius 1 is 1.00 bits per heavy atom.